The number of halogens is 6. The number of benzene rings is 1. The summed E-state index contributed by atoms with van der Waals surface area (Å²) in [5, 5.41) is 0. The number of alkyl halides is 6. The highest BCUT2D eigenvalue weighted by Gasteiger charge is 2.26. The van der Waals surface area contributed by atoms with Crippen LogP contribution < -0.4 is 0 Å². The largest absolute Gasteiger partial charge is 0.389 e. The van der Waals surface area contributed by atoms with E-state index < -0.39 is 25.2 Å². The van der Waals surface area contributed by atoms with Crippen LogP contribution in [-0.4, -0.2) is 12.4 Å². The monoisotopic (exact) mass is 470 g/mol. The summed E-state index contributed by atoms with van der Waals surface area (Å²) >= 11 is 0. The minimum Gasteiger partial charge on any atom is -0.171 e. The van der Waals surface area contributed by atoms with Crippen LogP contribution in [0.5, 0.6) is 0 Å². The van der Waals surface area contributed by atoms with Crippen LogP contribution >= 0.6 is 0 Å². The predicted molar refractivity (Wildman–Crippen MR) is 124 cm³/mol. The van der Waals surface area contributed by atoms with Gasteiger partial charge in [0.2, 0.25) is 0 Å². The van der Waals surface area contributed by atoms with E-state index in [-0.39, 0.29) is 0 Å². The molecule has 0 saturated heterocycles. The first kappa shape index (κ1) is 33.0. The number of rotatable bonds is 14. The van der Waals surface area contributed by atoms with Crippen molar-refractivity contribution in [2.75, 3.05) is 0 Å². The van der Waals surface area contributed by atoms with E-state index in [0.717, 1.165) is 38.5 Å². The molecule has 0 N–H and O–H groups in total. The third-order valence-corrected chi connectivity index (χ3v) is 4.79. The average molecular weight is 471 g/mol. The maximum absolute atomic E-state index is 11.7. The molecule has 32 heavy (non-hydrogen) atoms. The molecule has 1 aromatic carbocycles. The summed E-state index contributed by atoms with van der Waals surface area (Å²) in [5.74, 6) is 0. The van der Waals surface area contributed by atoms with E-state index in [0.29, 0.717) is 12.8 Å². The lowest BCUT2D eigenvalue weighted by Gasteiger charge is -2.05. The van der Waals surface area contributed by atoms with E-state index in [1.165, 1.54) is 38.5 Å². The third-order valence-electron chi connectivity index (χ3n) is 4.79. The second-order valence-electron chi connectivity index (χ2n) is 8.13. The fraction of sp³-hybridized carbons (Fsp3) is 0.769. The summed E-state index contributed by atoms with van der Waals surface area (Å²) in [6.45, 7) is 4.26. The highest BCUT2D eigenvalue weighted by molar-refractivity contribution is 4.99. The van der Waals surface area contributed by atoms with Crippen molar-refractivity contribution in [3.05, 3.63) is 36.4 Å². The Bertz CT molecular complexity index is 399. The molecule has 0 aliphatic heterocycles. The fourth-order valence-corrected chi connectivity index (χ4v) is 2.95. The van der Waals surface area contributed by atoms with Crippen LogP contribution in [0.25, 0.3) is 0 Å². The van der Waals surface area contributed by atoms with Crippen LogP contribution in [0.1, 0.15) is 117 Å². The molecule has 0 bridgehead atoms. The van der Waals surface area contributed by atoms with Crippen molar-refractivity contribution in [1.82, 2.24) is 0 Å². The molecular formula is C26H44F6. The first-order valence-corrected chi connectivity index (χ1v) is 12.3. The van der Waals surface area contributed by atoms with Crippen molar-refractivity contribution in [3.63, 3.8) is 0 Å². The lowest BCUT2D eigenvalue weighted by atomic mass is 10.1. The summed E-state index contributed by atoms with van der Waals surface area (Å²) in [4.78, 5) is 0. The molecule has 6 heteroatoms. The molecule has 0 amide bonds. The standard InChI is InChI=1S/2C10H19F3.C6H6/c2*1-2-3-4-5-6-7-8-9-10(11,12)13;1-2-4-6-5-3-1/h2*2-9H2,1H3;1-6H. The smallest absolute Gasteiger partial charge is 0.171 e. The predicted octanol–water partition coefficient (Wildman–Crippen LogP) is 11.1. The Morgan fingerprint density at radius 1 is 0.375 bits per heavy atom. The van der Waals surface area contributed by atoms with E-state index in [1.54, 1.807) is 0 Å². The highest BCUT2D eigenvalue weighted by Crippen LogP contribution is 2.24. The van der Waals surface area contributed by atoms with Gasteiger partial charge in [-0.3, -0.25) is 0 Å². The molecular weight excluding hydrogens is 426 g/mol. The Morgan fingerprint density at radius 2 is 0.594 bits per heavy atom. The number of unbranched alkanes of at least 4 members (excludes halogenated alkanes) is 12. The zero-order valence-electron chi connectivity index (χ0n) is 20.0. The summed E-state index contributed by atoms with van der Waals surface area (Å²) in [7, 11) is 0. The Labute approximate surface area is 192 Å². The Kier molecular flexibility index (Phi) is 23.7. The van der Waals surface area contributed by atoms with Gasteiger partial charge in [0.25, 0.3) is 0 Å². The molecule has 0 atom stereocenters. The molecule has 0 nitrogen and oxygen atoms in total. The molecule has 0 aliphatic rings. The first-order valence-electron chi connectivity index (χ1n) is 12.3. The van der Waals surface area contributed by atoms with E-state index in [1.807, 2.05) is 36.4 Å². The topological polar surface area (TPSA) is 0 Å². The van der Waals surface area contributed by atoms with Crippen LogP contribution in [0.2, 0.25) is 0 Å². The SMILES string of the molecule is CCCCCCCCCC(F)(F)F.CCCCCCCCCC(F)(F)F.c1ccccc1. The molecule has 0 heterocycles. The molecule has 0 spiro atoms. The van der Waals surface area contributed by atoms with Gasteiger partial charge >= 0.3 is 12.4 Å². The van der Waals surface area contributed by atoms with Gasteiger partial charge in [0.05, 0.1) is 0 Å². The van der Waals surface area contributed by atoms with Crippen molar-refractivity contribution >= 4 is 0 Å². The van der Waals surface area contributed by atoms with Gasteiger partial charge in [-0.15, -0.1) is 0 Å². The Balaban J connectivity index is 0. The summed E-state index contributed by atoms with van der Waals surface area (Å²) in [6, 6.07) is 12.0. The summed E-state index contributed by atoms with van der Waals surface area (Å²) in [5.41, 5.74) is 0. The van der Waals surface area contributed by atoms with E-state index in [4.69, 9.17) is 0 Å². The van der Waals surface area contributed by atoms with Crippen LogP contribution in [0.3, 0.4) is 0 Å². The first-order chi connectivity index (χ1) is 15.1. The molecule has 0 aromatic heterocycles. The Morgan fingerprint density at radius 3 is 0.812 bits per heavy atom. The quantitative estimate of drug-likeness (QED) is 0.187. The minimum atomic E-state index is -3.95. The maximum atomic E-state index is 11.7. The van der Waals surface area contributed by atoms with Crippen LogP contribution in [0, 0.1) is 0 Å². The van der Waals surface area contributed by atoms with Gasteiger partial charge in [-0.1, -0.05) is 127 Å². The normalized spacial score (nSPS) is 11.2. The van der Waals surface area contributed by atoms with Crippen molar-refractivity contribution < 1.29 is 26.3 Å². The van der Waals surface area contributed by atoms with Crippen LogP contribution in [0.15, 0.2) is 36.4 Å². The van der Waals surface area contributed by atoms with Gasteiger partial charge in [0.15, 0.2) is 0 Å². The summed E-state index contributed by atoms with van der Waals surface area (Å²) in [6.07, 6.45) is 4.13. The van der Waals surface area contributed by atoms with Gasteiger partial charge in [-0.05, 0) is 12.8 Å². The number of hydrogen-bond donors (Lipinski definition) is 0. The van der Waals surface area contributed by atoms with Gasteiger partial charge in [0, 0.05) is 12.8 Å². The second kappa shape index (κ2) is 23.0. The maximum Gasteiger partial charge on any atom is 0.389 e. The lowest BCUT2D eigenvalue weighted by Crippen LogP contribution is -2.06. The number of hydrogen-bond acceptors (Lipinski definition) is 0. The molecule has 1 aromatic rings. The van der Waals surface area contributed by atoms with Crippen molar-refractivity contribution in [3.8, 4) is 0 Å². The van der Waals surface area contributed by atoms with Gasteiger partial charge in [-0.2, -0.15) is 26.3 Å². The molecule has 190 valence electrons. The zero-order valence-corrected chi connectivity index (χ0v) is 20.0. The third kappa shape index (κ3) is 36.2. The van der Waals surface area contributed by atoms with Crippen molar-refractivity contribution in [1.29, 1.82) is 0 Å². The molecule has 0 saturated carbocycles. The minimum absolute atomic E-state index is 0.301. The molecule has 1 rings (SSSR count). The average Bonchev–Trinajstić information content (AvgIpc) is 2.73. The van der Waals surface area contributed by atoms with E-state index in [2.05, 4.69) is 13.8 Å². The lowest BCUT2D eigenvalue weighted by molar-refractivity contribution is -0.136. The highest BCUT2D eigenvalue weighted by atomic mass is 19.4. The van der Waals surface area contributed by atoms with E-state index >= 15 is 0 Å². The van der Waals surface area contributed by atoms with Gasteiger partial charge in [-0.25, -0.2) is 0 Å². The zero-order chi connectivity index (χ0) is 24.6. The van der Waals surface area contributed by atoms with Crippen molar-refractivity contribution in [2.45, 2.75) is 129 Å². The van der Waals surface area contributed by atoms with Gasteiger partial charge < -0.3 is 0 Å². The van der Waals surface area contributed by atoms with Crippen LogP contribution in [0.4, 0.5) is 26.3 Å². The second-order valence-corrected chi connectivity index (χ2v) is 8.13. The molecule has 0 aliphatic carbocycles. The van der Waals surface area contributed by atoms with E-state index in [9.17, 15) is 26.3 Å². The fourth-order valence-electron chi connectivity index (χ4n) is 2.95. The van der Waals surface area contributed by atoms with Crippen LogP contribution in [-0.2, 0) is 0 Å². The van der Waals surface area contributed by atoms with Gasteiger partial charge in [0.1, 0.15) is 0 Å². The Hall–Kier alpha value is -1.20. The molecule has 0 unspecified atom stereocenters. The summed E-state index contributed by atoms with van der Waals surface area (Å²) < 4.78 is 70.1. The molecule has 0 fully saturated rings. The molecule has 0 radical (unpaired) electrons. The van der Waals surface area contributed by atoms with Crippen molar-refractivity contribution in [2.24, 2.45) is 0 Å².